The summed E-state index contributed by atoms with van der Waals surface area (Å²) in [5.74, 6) is -0.486. The van der Waals surface area contributed by atoms with Crippen LogP contribution >= 0.6 is 0 Å². The number of likely N-dealkylation sites (N-methyl/N-ethyl adjacent to an activating group) is 2. The maximum absolute atomic E-state index is 12.2. The van der Waals surface area contributed by atoms with Crippen LogP contribution in [0.4, 0.5) is 0 Å². The van der Waals surface area contributed by atoms with Crippen molar-refractivity contribution in [2.75, 3.05) is 27.2 Å². The maximum atomic E-state index is 12.2. The van der Waals surface area contributed by atoms with Crippen molar-refractivity contribution < 1.29 is 22.8 Å². The van der Waals surface area contributed by atoms with Crippen molar-refractivity contribution in [3.63, 3.8) is 0 Å². The lowest BCUT2D eigenvalue weighted by molar-refractivity contribution is -0.130. The number of rotatable bonds is 6. The number of nitrogens with zero attached hydrogens (tertiary/aromatic N) is 4. The molecule has 0 spiro atoms. The van der Waals surface area contributed by atoms with Gasteiger partial charge in [0.25, 0.3) is 0 Å². The van der Waals surface area contributed by atoms with Gasteiger partial charge in [-0.2, -0.15) is 0 Å². The number of likely N-dealkylation sites (tertiary alicyclic amines) is 1. The van der Waals surface area contributed by atoms with Gasteiger partial charge in [-0.1, -0.05) is 85.8 Å². The Bertz CT molecular complexity index is 1280. The van der Waals surface area contributed by atoms with Crippen LogP contribution in [-0.2, 0) is 31.3 Å². The number of hydrogen-bond donors (Lipinski definition) is 0. The average molecular weight is 533 g/mol. The minimum Gasteiger partial charge on any atom is -0.357 e. The molecule has 9 heteroatoms. The van der Waals surface area contributed by atoms with Gasteiger partial charge in [0.1, 0.15) is 0 Å². The van der Waals surface area contributed by atoms with E-state index in [1.165, 1.54) is 10.5 Å². The summed E-state index contributed by atoms with van der Waals surface area (Å²) in [7, 11) is 3.44. The predicted octanol–water partition coefficient (Wildman–Crippen LogP) is 3.93. The Morgan fingerprint density at radius 1 is 1.03 bits per heavy atom. The molecule has 0 saturated carbocycles. The van der Waals surface area contributed by atoms with Gasteiger partial charge in [0.2, 0.25) is 17.0 Å². The molecule has 1 fully saturated rings. The van der Waals surface area contributed by atoms with Gasteiger partial charge < -0.3 is 19.5 Å². The van der Waals surface area contributed by atoms with Gasteiger partial charge in [0, 0.05) is 39.0 Å². The first-order valence-corrected chi connectivity index (χ1v) is 13.4. The second-order valence-electron chi connectivity index (χ2n) is 9.02. The molecule has 3 aromatic rings. The normalized spacial score (nSPS) is 17.0. The van der Waals surface area contributed by atoms with Crippen LogP contribution in [0.15, 0.2) is 95.9 Å². The Balaban J connectivity index is 0.000000241. The first-order chi connectivity index (χ1) is 18.3. The lowest BCUT2D eigenvalue weighted by atomic mass is 9.90. The molecular weight excluding hydrogens is 500 g/mol. The summed E-state index contributed by atoms with van der Waals surface area (Å²) >= 11 is -1.93. The Morgan fingerprint density at radius 3 is 2.11 bits per heavy atom. The van der Waals surface area contributed by atoms with Crippen LogP contribution < -0.4 is 0 Å². The Labute approximate surface area is 226 Å². The minimum atomic E-state index is -1.93. The van der Waals surface area contributed by atoms with E-state index < -0.39 is 22.9 Å². The van der Waals surface area contributed by atoms with Crippen molar-refractivity contribution in [1.82, 2.24) is 9.80 Å². The van der Waals surface area contributed by atoms with Crippen molar-refractivity contribution >= 4 is 28.8 Å². The molecule has 2 amide bonds. The molecule has 8 nitrogen and oxygen atoms in total. The molecule has 1 aliphatic rings. The number of carbonyl (C=O) groups is 2. The van der Waals surface area contributed by atoms with Crippen LogP contribution in [-0.4, -0.2) is 63.7 Å². The second kappa shape index (κ2) is 14.0. The Kier molecular flexibility index (Phi) is 10.5. The topological polar surface area (TPSA) is 103 Å². The zero-order chi connectivity index (χ0) is 27.5. The molecule has 0 aromatic heterocycles. The summed E-state index contributed by atoms with van der Waals surface area (Å²) < 4.78 is 17.0. The summed E-state index contributed by atoms with van der Waals surface area (Å²) in [4.78, 5) is 30.2. The molecule has 1 heterocycles. The van der Waals surface area contributed by atoms with E-state index >= 15 is 0 Å². The monoisotopic (exact) mass is 532 g/mol. The van der Waals surface area contributed by atoms with Gasteiger partial charge in [-0.15, -0.1) is 4.79 Å². The second-order valence-corrected chi connectivity index (χ2v) is 10.1. The number of benzene rings is 3. The van der Waals surface area contributed by atoms with E-state index in [0.717, 1.165) is 12.1 Å². The molecule has 0 N–H and O–H groups in total. The van der Waals surface area contributed by atoms with Crippen LogP contribution in [0.25, 0.3) is 5.53 Å². The van der Waals surface area contributed by atoms with E-state index in [9.17, 15) is 13.8 Å². The van der Waals surface area contributed by atoms with Crippen LogP contribution in [0, 0.1) is 5.92 Å². The Hall–Kier alpha value is -4.07. The van der Waals surface area contributed by atoms with Gasteiger partial charge in [-0.25, -0.2) is 4.21 Å². The molecule has 0 radical (unpaired) electrons. The highest BCUT2D eigenvalue weighted by molar-refractivity contribution is 7.80. The highest BCUT2D eigenvalue weighted by Crippen LogP contribution is 2.32. The Morgan fingerprint density at radius 2 is 1.58 bits per heavy atom. The summed E-state index contributed by atoms with van der Waals surface area (Å²) in [6.07, 6.45) is 0.642. The van der Waals surface area contributed by atoms with Crippen molar-refractivity contribution in [3.8, 4) is 0 Å². The lowest BCUT2D eigenvalue weighted by Gasteiger charge is -2.14. The zero-order valence-electron chi connectivity index (χ0n) is 21.8. The standard InChI is InChI=1S/C17H17N3O3S.C12H15NO/c1-20(13-12-14-8-4-2-5-9-14)17(21)16(19-18)23-24(22)15-10-6-3-7-11-15;1-9-11(8-13(2)12(9)14)10-6-4-3-5-7-10/h2-11H,12-13H2,1H3;3-7,9,11H,8H2,1-2H3. The molecule has 0 aliphatic carbocycles. The third-order valence-electron chi connectivity index (χ3n) is 6.36. The fourth-order valence-corrected chi connectivity index (χ4v) is 4.83. The third-order valence-corrected chi connectivity index (χ3v) is 7.32. The van der Waals surface area contributed by atoms with Crippen molar-refractivity contribution in [2.24, 2.45) is 5.92 Å². The zero-order valence-corrected chi connectivity index (χ0v) is 22.6. The van der Waals surface area contributed by atoms with E-state index in [1.54, 1.807) is 37.4 Å². The molecular formula is C29H32N4O4S. The van der Waals surface area contributed by atoms with Crippen molar-refractivity contribution in [2.45, 2.75) is 24.2 Å². The molecule has 3 unspecified atom stereocenters. The van der Waals surface area contributed by atoms with Gasteiger partial charge in [-0.3, -0.25) is 9.59 Å². The average Bonchev–Trinajstić information content (AvgIpc) is 3.23. The number of hydrogen-bond acceptors (Lipinski definition) is 4. The third kappa shape index (κ3) is 7.71. The van der Waals surface area contributed by atoms with E-state index in [2.05, 4.69) is 16.9 Å². The predicted molar refractivity (Wildman–Crippen MR) is 146 cm³/mol. The SMILES string of the molecule is CC1C(=O)N(C)CC1c1ccccc1.CN(CCc1ccccc1)C(=O)C(=[N+]=[N-])OS(=O)c1ccccc1. The molecule has 3 atom stereocenters. The maximum Gasteiger partial charge on any atom is 0.555 e. The van der Waals surface area contributed by atoms with Crippen LogP contribution in [0.1, 0.15) is 24.0 Å². The summed E-state index contributed by atoms with van der Waals surface area (Å²) in [6.45, 7) is 3.27. The quantitative estimate of drug-likeness (QED) is 0.208. The van der Waals surface area contributed by atoms with Crippen LogP contribution in [0.3, 0.4) is 0 Å². The first-order valence-electron chi connectivity index (χ1n) is 12.3. The molecule has 3 aromatic carbocycles. The first kappa shape index (κ1) is 28.5. The molecule has 4 rings (SSSR count). The fraction of sp³-hybridized carbons (Fsp3) is 0.276. The largest absolute Gasteiger partial charge is 0.555 e. The lowest BCUT2D eigenvalue weighted by Crippen LogP contribution is -2.36. The summed E-state index contributed by atoms with van der Waals surface area (Å²) in [6, 6.07) is 28.3. The molecule has 1 saturated heterocycles. The van der Waals surface area contributed by atoms with Gasteiger partial charge >= 0.3 is 11.8 Å². The van der Waals surface area contributed by atoms with Gasteiger partial charge in [0.15, 0.2) is 0 Å². The molecule has 198 valence electrons. The van der Waals surface area contributed by atoms with Crippen molar-refractivity contribution in [3.05, 3.63) is 108 Å². The van der Waals surface area contributed by atoms with Gasteiger partial charge in [0.05, 0.1) is 4.90 Å². The van der Waals surface area contributed by atoms with E-state index in [0.29, 0.717) is 23.8 Å². The highest BCUT2D eigenvalue weighted by Gasteiger charge is 2.35. The minimum absolute atomic E-state index is 0.127. The molecule has 1 aliphatic heterocycles. The van der Waals surface area contributed by atoms with E-state index in [-0.39, 0.29) is 11.8 Å². The molecule has 38 heavy (non-hydrogen) atoms. The smallest absolute Gasteiger partial charge is 0.357 e. The van der Waals surface area contributed by atoms with E-state index in [1.807, 2.05) is 67.4 Å². The summed E-state index contributed by atoms with van der Waals surface area (Å²) in [5, 5.41) is 0. The van der Waals surface area contributed by atoms with Crippen LogP contribution in [0.2, 0.25) is 0 Å². The highest BCUT2D eigenvalue weighted by atomic mass is 32.2. The number of carbonyl (C=O) groups excluding carboxylic acids is 2. The summed E-state index contributed by atoms with van der Waals surface area (Å²) in [5.41, 5.74) is 11.4. The van der Waals surface area contributed by atoms with Gasteiger partial charge in [-0.05, 0) is 29.7 Å². The van der Waals surface area contributed by atoms with Crippen molar-refractivity contribution in [1.29, 1.82) is 0 Å². The number of amides is 2. The van der Waals surface area contributed by atoms with E-state index in [4.69, 9.17) is 9.71 Å². The molecule has 0 bridgehead atoms. The fourth-order valence-electron chi connectivity index (χ4n) is 4.11. The van der Waals surface area contributed by atoms with Crippen LogP contribution in [0.5, 0.6) is 0 Å².